The van der Waals surface area contributed by atoms with E-state index in [4.69, 9.17) is 4.74 Å². The quantitative estimate of drug-likeness (QED) is 0.796. The number of benzene rings is 1. The van der Waals surface area contributed by atoms with Crippen molar-refractivity contribution in [2.24, 2.45) is 0 Å². The zero-order chi connectivity index (χ0) is 12.7. The minimum atomic E-state index is -0.346. The number of nitrogens with zero attached hydrogens (tertiary/aromatic N) is 1. The first-order valence-corrected chi connectivity index (χ1v) is 5.69. The van der Waals surface area contributed by atoms with Crippen molar-refractivity contribution in [2.75, 3.05) is 0 Å². The Morgan fingerprint density at radius 3 is 2.94 bits per heavy atom. The van der Waals surface area contributed by atoms with Crippen LogP contribution in [0.5, 0.6) is 11.6 Å². The van der Waals surface area contributed by atoms with Gasteiger partial charge >= 0.3 is 0 Å². The van der Waals surface area contributed by atoms with E-state index < -0.39 is 0 Å². The number of hydrogen-bond donors (Lipinski definition) is 2. The van der Waals surface area contributed by atoms with Crippen molar-refractivity contribution in [3.8, 4) is 11.6 Å². The third-order valence-electron chi connectivity index (χ3n) is 3.10. The van der Waals surface area contributed by atoms with E-state index in [1.54, 1.807) is 0 Å². The van der Waals surface area contributed by atoms with E-state index >= 15 is 0 Å². The van der Waals surface area contributed by atoms with Crippen molar-refractivity contribution in [1.82, 2.24) is 9.97 Å². The summed E-state index contributed by atoms with van der Waals surface area (Å²) in [7, 11) is 0. The molecule has 0 spiro atoms. The highest BCUT2D eigenvalue weighted by atomic mass is 16.5. The lowest BCUT2D eigenvalue weighted by molar-refractivity contribution is 0.225. The van der Waals surface area contributed by atoms with Gasteiger partial charge in [-0.05, 0) is 18.6 Å². The van der Waals surface area contributed by atoms with Crippen molar-refractivity contribution < 1.29 is 9.84 Å². The van der Waals surface area contributed by atoms with Gasteiger partial charge in [0, 0.05) is 6.42 Å². The van der Waals surface area contributed by atoms with Gasteiger partial charge in [0.15, 0.2) is 11.9 Å². The van der Waals surface area contributed by atoms with Gasteiger partial charge in [0.2, 0.25) is 5.88 Å². The Hall–Kier alpha value is -2.30. The summed E-state index contributed by atoms with van der Waals surface area (Å²) in [5.74, 6) is 0.915. The van der Waals surface area contributed by atoms with E-state index in [2.05, 4.69) is 9.97 Å². The van der Waals surface area contributed by atoms with Crippen LogP contribution in [0.2, 0.25) is 0 Å². The molecule has 5 nitrogen and oxygen atoms in total. The fraction of sp³-hybridized carbons (Fsp3) is 0.231. The monoisotopic (exact) mass is 244 g/mol. The van der Waals surface area contributed by atoms with Crippen molar-refractivity contribution in [2.45, 2.75) is 19.4 Å². The van der Waals surface area contributed by atoms with E-state index in [1.807, 2.05) is 24.3 Å². The summed E-state index contributed by atoms with van der Waals surface area (Å²) in [6.45, 7) is 1.52. The molecule has 2 N–H and O–H groups in total. The van der Waals surface area contributed by atoms with Crippen molar-refractivity contribution in [3.05, 3.63) is 51.6 Å². The summed E-state index contributed by atoms with van der Waals surface area (Å²) in [4.78, 5) is 18.2. The SMILES string of the molecule is Cc1c(O)nc(C2Cc3ccccc3O2)[nH]c1=O. The smallest absolute Gasteiger partial charge is 0.257 e. The first-order chi connectivity index (χ1) is 8.65. The highest BCUT2D eigenvalue weighted by Crippen LogP contribution is 2.35. The number of para-hydroxylation sites is 1. The van der Waals surface area contributed by atoms with Crippen LogP contribution in [0.4, 0.5) is 0 Å². The lowest BCUT2D eigenvalue weighted by atomic mass is 10.1. The molecule has 0 amide bonds. The Bertz CT molecular complexity index is 639. The summed E-state index contributed by atoms with van der Waals surface area (Å²) < 4.78 is 5.70. The van der Waals surface area contributed by atoms with Crippen molar-refractivity contribution >= 4 is 0 Å². The molecule has 1 atom stereocenters. The third kappa shape index (κ3) is 1.64. The first kappa shape index (κ1) is 10.8. The van der Waals surface area contributed by atoms with Crippen LogP contribution >= 0.6 is 0 Å². The van der Waals surface area contributed by atoms with Gasteiger partial charge < -0.3 is 14.8 Å². The van der Waals surface area contributed by atoms with Crippen molar-refractivity contribution in [1.29, 1.82) is 0 Å². The predicted octanol–water partition coefficient (Wildman–Crippen LogP) is 1.46. The van der Waals surface area contributed by atoms with Crippen LogP contribution in [0.25, 0.3) is 0 Å². The van der Waals surface area contributed by atoms with Gasteiger partial charge in [-0.15, -0.1) is 0 Å². The maximum Gasteiger partial charge on any atom is 0.257 e. The lowest BCUT2D eigenvalue weighted by Gasteiger charge is -2.10. The van der Waals surface area contributed by atoms with Crippen molar-refractivity contribution in [3.63, 3.8) is 0 Å². The molecular formula is C13H12N2O3. The minimum absolute atomic E-state index is 0.217. The predicted molar refractivity (Wildman–Crippen MR) is 64.8 cm³/mol. The molecule has 0 saturated heterocycles. The highest BCUT2D eigenvalue weighted by molar-refractivity contribution is 5.38. The molecule has 0 aliphatic carbocycles. The number of aromatic amines is 1. The standard InChI is InChI=1S/C13H12N2O3/c1-7-12(16)14-11(15-13(7)17)10-6-8-4-2-3-5-9(8)18-10/h2-5,10H,6H2,1H3,(H2,14,15,16,17). The van der Waals surface area contributed by atoms with Gasteiger partial charge in [0.1, 0.15) is 5.75 Å². The van der Waals surface area contributed by atoms with Crippen LogP contribution in [0.15, 0.2) is 29.1 Å². The zero-order valence-electron chi connectivity index (χ0n) is 9.80. The third-order valence-corrected chi connectivity index (χ3v) is 3.10. The van der Waals surface area contributed by atoms with Crippen LogP contribution < -0.4 is 10.3 Å². The van der Waals surface area contributed by atoms with E-state index in [-0.39, 0.29) is 23.1 Å². The van der Waals surface area contributed by atoms with Gasteiger partial charge in [-0.25, -0.2) is 0 Å². The average molecular weight is 244 g/mol. The molecule has 18 heavy (non-hydrogen) atoms. The number of aromatic nitrogens is 2. The first-order valence-electron chi connectivity index (χ1n) is 5.69. The Labute approximate surface area is 103 Å². The molecule has 1 unspecified atom stereocenters. The van der Waals surface area contributed by atoms with E-state index in [0.29, 0.717) is 12.2 Å². The molecule has 1 aromatic heterocycles. The second kappa shape index (κ2) is 3.87. The molecule has 0 radical (unpaired) electrons. The molecular weight excluding hydrogens is 232 g/mol. The highest BCUT2D eigenvalue weighted by Gasteiger charge is 2.26. The molecule has 0 saturated carbocycles. The number of fused-ring (bicyclic) bond motifs is 1. The van der Waals surface area contributed by atoms with Crippen LogP contribution in [0.3, 0.4) is 0 Å². The molecule has 92 valence electrons. The van der Waals surface area contributed by atoms with Gasteiger partial charge in [-0.3, -0.25) is 4.79 Å². The molecule has 5 heteroatoms. The van der Waals surface area contributed by atoms with Gasteiger partial charge in [-0.2, -0.15) is 4.98 Å². The molecule has 2 heterocycles. The summed E-state index contributed by atoms with van der Waals surface area (Å²) in [5, 5.41) is 9.57. The van der Waals surface area contributed by atoms with Gasteiger partial charge in [0.25, 0.3) is 5.56 Å². The summed E-state index contributed by atoms with van der Waals surface area (Å²) in [6.07, 6.45) is 0.295. The maximum absolute atomic E-state index is 11.6. The van der Waals surface area contributed by atoms with Gasteiger partial charge in [0.05, 0.1) is 5.56 Å². The molecule has 1 aliphatic rings. The molecule has 3 rings (SSSR count). The van der Waals surface area contributed by atoms with Crippen LogP contribution in [-0.2, 0) is 6.42 Å². The number of H-pyrrole nitrogens is 1. The molecule has 0 fully saturated rings. The second-order valence-corrected chi connectivity index (χ2v) is 4.32. The maximum atomic E-state index is 11.6. The average Bonchev–Trinajstić information content (AvgIpc) is 2.79. The topological polar surface area (TPSA) is 75.2 Å². The fourth-order valence-electron chi connectivity index (χ4n) is 2.02. The van der Waals surface area contributed by atoms with E-state index in [0.717, 1.165) is 11.3 Å². The number of aromatic hydroxyl groups is 1. The van der Waals surface area contributed by atoms with Crippen LogP contribution in [0, 0.1) is 6.92 Å². The number of rotatable bonds is 1. The largest absolute Gasteiger partial charge is 0.493 e. The summed E-state index contributed by atoms with van der Waals surface area (Å²) in [6, 6.07) is 7.68. The molecule has 1 aromatic carbocycles. The zero-order valence-corrected chi connectivity index (χ0v) is 9.80. The Morgan fingerprint density at radius 2 is 2.22 bits per heavy atom. The number of nitrogens with one attached hydrogen (secondary N) is 1. The van der Waals surface area contributed by atoms with E-state index in [9.17, 15) is 9.90 Å². The summed E-state index contributed by atoms with van der Waals surface area (Å²) >= 11 is 0. The number of ether oxygens (including phenoxy) is 1. The Kier molecular flexibility index (Phi) is 2.33. The lowest BCUT2D eigenvalue weighted by Crippen LogP contribution is -2.18. The molecule has 2 aromatic rings. The summed E-state index contributed by atoms with van der Waals surface area (Å²) in [5.41, 5.74) is 0.955. The van der Waals surface area contributed by atoms with Crippen LogP contribution in [0.1, 0.15) is 23.1 Å². The Balaban J connectivity index is 1.98. The van der Waals surface area contributed by atoms with Gasteiger partial charge in [-0.1, -0.05) is 18.2 Å². The normalized spacial score (nSPS) is 17.3. The van der Waals surface area contributed by atoms with Crippen LogP contribution in [-0.4, -0.2) is 15.1 Å². The fourth-order valence-corrected chi connectivity index (χ4v) is 2.02. The Morgan fingerprint density at radius 1 is 1.44 bits per heavy atom. The number of hydrogen-bond acceptors (Lipinski definition) is 4. The molecule has 0 bridgehead atoms. The molecule has 1 aliphatic heterocycles. The van der Waals surface area contributed by atoms with E-state index in [1.165, 1.54) is 6.92 Å². The minimum Gasteiger partial charge on any atom is -0.493 e. The second-order valence-electron chi connectivity index (χ2n) is 4.32.